The van der Waals surface area contributed by atoms with E-state index >= 15 is 0 Å². The number of β-amino-alcohol motifs (C(OH)–C–C–N with tert-alkyl or cyclic N) is 1. The summed E-state index contributed by atoms with van der Waals surface area (Å²) in [5, 5.41) is 18.4. The van der Waals surface area contributed by atoms with Crippen molar-refractivity contribution in [1.82, 2.24) is 9.88 Å². The van der Waals surface area contributed by atoms with Crippen LogP contribution in [-0.4, -0.2) is 53.8 Å². The number of rotatable bonds is 3. The highest BCUT2D eigenvalue weighted by atomic mass is 16.3. The van der Waals surface area contributed by atoms with Gasteiger partial charge in [-0.05, 0) is 19.1 Å². The van der Waals surface area contributed by atoms with E-state index in [1.165, 1.54) is 0 Å². The number of aliphatic hydroxyl groups is 1. The predicted molar refractivity (Wildman–Crippen MR) is 69.3 cm³/mol. The van der Waals surface area contributed by atoms with Crippen molar-refractivity contribution in [3.63, 3.8) is 0 Å². The zero-order valence-electron chi connectivity index (χ0n) is 10.6. The number of nitrogens with zero attached hydrogens (tertiary/aromatic N) is 4. The molecule has 1 aliphatic rings. The minimum atomic E-state index is -0.291. The van der Waals surface area contributed by atoms with Gasteiger partial charge in [0.05, 0.1) is 11.7 Å². The highest BCUT2D eigenvalue weighted by molar-refractivity contribution is 5.53. The van der Waals surface area contributed by atoms with E-state index in [0.29, 0.717) is 12.1 Å². The van der Waals surface area contributed by atoms with Gasteiger partial charge in [-0.25, -0.2) is 4.98 Å². The van der Waals surface area contributed by atoms with Crippen LogP contribution in [0.3, 0.4) is 0 Å². The quantitative estimate of drug-likeness (QED) is 0.839. The van der Waals surface area contributed by atoms with E-state index in [0.717, 1.165) is 32.0 Å². The molecule has 0 amide bonds. The van der Waals surface area contributed by atoms with Crippen molar-refractivity contribution in [1.29, 1.82) is 5.26 Å². The Morgan fingerprint density at radius 1 is 1.44 bits per heavy atom. The Kier molecular flexibility index (Phi) is 4.13. The summed E-state index contributed by atoms with van der Waals surface area (Å²) in [5.41, 5.74) is 0.626. The number of aromatic nitrogens is 1. The molecule has 2 rings (SSSR count). The molecule has 0 unspecified atom stereocenters. The second-order valence-corrected chi connectivity index (χ2v) is 4.62. The Morgan fingerprint density at radius 2 is 2.17 bits per heavy atom. The number of piperazine rings is 1. The lowest BCUT2D eigenvalue weighted by Gasteiger charge is -2.36. The van der Waals surface area contributed by atoms with Crippen LogP contribution in [0, 0.1) is 11.3 Å². The maximum Gasteiger partial charge on any atom is 0.146 e. The van der Waals surface area contributed by atoms with Gasteiger partial charge in [0.15, 0.2) is 0 Å². The van der Waals surface area contributed by atoms with Crippen molar-refractivity contribution in [3.05, 3.63) is 23.9 Å². The van der Waals surface area contributed by atoms with Crippen LogP contribution in [0.2, 0.25) is 0 Å². The first kappa shape index (κ1) is 12.8. The molecule has 1 fully saturated rings. The summed E-state index contributed by atoms with van der Waals surface area (Å²) in [6, 6.07) is 5.76. The maximum atomic E-state index is 9.36. The van der Waals surface area contributed by atoms with Gasteiger partial charge in [-0.15, -0.1) is 0 Å². The lowest BCUT2D eigenvalue weighted by Crippen LogP contribution is -2.48. The Labute approximate surface area is 107 Å². The highest BCUT2D eigenvalue weighted by Gasteiger charge is 2.20. The fourth-order valence-electron chi connectivity index (χ4n) is 2.25. The number of aliphatic hydroxyl groups excluding tert-OH is 1. The lowest BCUT2D eigenvalue weighted by molar-refractivity contribution is 0.122. The van der Waals surface area contributed by atoms with E-state index in [4.69, 9.17) is 5.26 Å². The summed E-state index contributed by atoms with van der Waals surface area (Å²) >= 11 is 0. The van der Waals surface area contributed by atoms with E-state index in [-0.39, 0.29) is 6.10 Å². The van der Waals surface area contributed by atoms with E-state index in [9.17, 15) is 5.11 Å². The fourth-order valence-corrected chi connectivity index (χ4v) is 2.25. The van der Waals surface area contributed by atoms with Crippen LogP contribution < -0.4 is 4.90 Å². The Balaban J connectivity index is 1.99. The molecule has 18 heavy (non-hydrogen) atoms. The zero-order chi connectivity index (χ0) is 13.0. The molecular formula is C13H18N4O. The largest absolute Gasteiger partial charge is 0.392 e. The summed E-state index contributed by atoms with van der Waals surface area (Å²) in [6.45, 7) is 6.00. The second kappa shape index (κ2) is 5.80. The third-order valence-electron chi connectivity index (χ3n) is 3.10. The van der Waals surface area contributed by atoms with E-state index < -0.39 is 0 Å². The maximum absolute atomic E-state index is 9.36. The number of hydrogen-bond donors (Lipinski definition) is 1. The van der Waals surface area contributed by atoms with Crippen LogP contribution in [0.4, 0.5) is 5.82 Å². The average Bonchev–Trinajstić information content (AvgIpc) is 2.39. The molecule has 5 nitrogen and oxygen atoms in total. The molecule has 0 radical (unpaired) electrons. The van der Waals surface area contributed by atoms with Gasteiger partial charge < -0.3 is 10.0 Å². The van der Waals surface area contributed by atoms with Crippen LogP contribution in [0.1, 0.15) is 12.5 Å². The Bertz CT molecular complexity index is 433. The third-order valence-corrected chi connectivity index (χ3v) is 3.10. The van der Waals surface area contributed by atoms with Gasteiger partial charge in [0.1, 0.15) is 11.9 Å². The molecule has 0 bridgehead atoms. The van der Waals surface area contributed by atoms with Crippen LogP contribution in [0.5, 0.6) is 0 Å². The molecule has 0 saturated carbocycles. The molecular weight excluding hydrogens is 228 g/mol. The van der Waals surface area contributed by atoms with Crippen molar-refractivity contribution in [2.75, 3.05) is 37.6 Å². The van der Waals surface area contributed by atoms with Gasteiger partial charge in [-0.3, -0.25) is 4.90 Å². The molecule has 1 atom stereocenters. The first-order chi connectivity index (χ1) is 8.70. The van der Waals surface area contributed by atoms with Crippen LogP contribution >= 0.6 is 0 Å². The molecule has 2 heterocycles. The summed E-state index contributed by atoms with van der Waals surface area (Å²) in [7, 11) is 0. The molecule has 0 spiro atoms. The first-order valence-electron chi connectivity index (χ1n) is 6.21. The van der Waals surface area contributed by atoms with E-state index in [1.807, 2.05) is 0 Å². The molecule has 1 aromatic heterocycles. The second-order valence-electron chi connectivity index (χ2n) is 4.62. The smallest absolute Gasteiger partial charge is 0.146 e. The number of anilines is 1. The minimum Gasteiger partial charge on any atom is -0.392 e. The van der Waals surface area contributed by atoms with Gasteiger partial charge in [-0.1, -0.05) is 0 Å². The zero-order valence-corrected chi connectivity index (χ0v) is 10.6. The van der Waals surface area contributed by atoms with Crippen molar-refractivity contribution >= 4 is 5.82 Å². The lowest BCUT2D eigenvalue weighted by atomic mass is 10.2. The predicted octanol–water partition coefficient (Wildman–Crippen LogP) is 0.456. The summed E-state index contributed by atoms with van der Waals surface area (Å²) in [4.78, 5) is 8.66. The van der Waals surface area contributed by atoms with Gasteiger partial charge >= 0.3 is 0 Å². The molecule has 0 aromatic carbocycles. The van der Waals surface area contributed by atoms with Gasteiger partial charge in [0.2, 0.25) is 0 Å². The molecule has 0 aliphatic carbocycles. The first-order valence-corrected chi connectivity index (χ1v) is 6.21. The normalized spacial score (nSPS) is 18.4. The summed E-state index contributed by atoms with van der Waals surface area (Å²) in [5.74, 6) is 0.775. The third kappa shape index (κ3) is 2.97. The minimum absolute atomic E-state index is 0.291. The monoisotopic (exact) mass is 246 g/mol. The van der Waals surface area contributed by atoms with Crippen molar-refractivity contribution < 1.29 is 5.11 Å². The van der Waals surface area contributed by atoms with Crippen LogP contribution in [-0.2, 0) is 0 Å². The molecule has 1 aromatic rings. The summed E-state index contributed by atoms with van der Waals surface area (Å²) < 4.78 is 0. The molecule has 5 heteroatoms. The highest BCUT2D eigenvalue weighted by Crippen LogP contribution is 2.17. The van der Waals surface area contributed by atoms with Crippen molar-refractivity contribution in [3.8, 4) is 6.07 Å². The average molecular weight is 246 g/mol. The fraction of sp³-hybridized carbons (Fsp3) is 0.538. The Hall–Kier alpha value is -1.64. The van der Waals surface area contributed by atoms with Crippen LogP contribution in [0.25, 0.3) is 0 Å². The van der Waals surface area contributed by atoms with E-state index in [1.54, 1.807) is 25.3 Å². The molecule has 1 aliphatic heterocycles. The van der Waals surface area contributed by atoms with E-state index in [2.05, 4.69) is 20.9 Å². The number of pyridine rings is 1. The van der Waals surface area contributed by atoms with Crippen LogP contribution in [0.15, 0.2) is 18.3 Å². The van der Waals surface area contributed by atoms with Gasteiger partial charge in [-0.2, -0.15) is 5.26 Å². The van der Waals surface area contributed by atoms with Gasteiger partial charge in [0.25, 0.3) is 0 Å². The van der Waals surface area contributed by atoms with Crippen molar-refractivity contribution in [2.45, 2.75) is 13.0 Å². The molecule has 1 saturated heterocycles. The SMILES string of the molecule is C[C@@H](O)CN1CCN(c2ncccc2C#N)CC1. The summed E-state index contributed by atoms with van der Waals surface area (Å²) in [6.07, 6.45) is 1.43. The standard InChI is InChI=1S/C13H18N4O/c1-11(18)10-16-5-7-17(8-6-16)13-12(9-14)3-2-4-15-13/h2-4,11,18H,5-8,10H2,1H3/t11-/m1/s1. The number of nitriles is 1. The van der Waals surface area contributed by atoms with Gasteiger partial charge in [0, 0.05) is 38.9 Å². The number of hydrogen-bond acceptors (Lipinski definition) is 5. The molecule has 96 valence electrons. The van der Waals surface area contributed by atoms with Crippen molar-refractivity contribution in [2.24, 2.45) is 0 Å². The topological polar surface area (TPSA) is 63.4 Å². The Morgan fingerprint density at radius 3 is 2.78 bits per heavy atom. The molecule has 1 N–H and O–H groups in total.